The van der Waals surface area contributed by atoms with Crippen molar-refractivity contribution in [3.63, 3.8) is 0 Å². The van der Waals surface area contributed by atoms with Crippen molar-refractivity contribution in [3.8, 4) is 0 Å². The van der Waals surface area contributed by atoms with Gasteiger partial charge in [-0.3, -0.25) is 10.1 Å². The van der Waals surface area contributed by atoms with Crippen LogP contribution >= 0.6 is 11.8 Å². The molecular weight excluding hydrogens is 198 g/mol. The lowest BCUT2D eigenvalue weighted by molar-refractivity contribution is -0.456. The minimum Gasteiger partial charge on any atom is -0.264 e. The lowest BCUT2D eigenvalue weighted by Gasteiger charge is -2.09. The quantitative estimate of drug-likeness (QED) is 0.334. The minimum atomic E-state index is -0.300. The second-order valence-electron chi connectivity index (χ2n) is 3.26. The molecule has 0 saturated heterocycles. The summed E-state index contributed by atoms with van der Waals surface area (Å²) in [5, 5.41) is 10.3. The van der Waals surface area contributed by atoms with Crippen molar-refractivity contribution in [2.45, 2.75) is 25.7 Å². The molecular formula is C10H13NO2S. The van der Waals surface area contributed by atoms with E-state index in [1.165, 1.54) is 17.3 Å². The smallest absolute Gasteiger partial charge is 0.253 e. The molecule has 1 rings (SSSR count). The SMILES string of the molecule is Cc1ccc(C)c(SC[N+](=O)[O-])c1C. The number of benzene rings is 1. The summed E-state index contributed by atoms with van der Waals surface area (Å²) in [6.07, 6.45) is 0. The van der Waals surface area contributed by atoms with E-state index in [0.29, 0.717) is 0 Å². The first-order chi connectivity index (χ1) is 6.52. The maximum Gasteiger partial charge on any atom is 0.253 e. The predicted molar refractivity (Wildman–Crippen MR) is 58.4 cm³/mol. The van der Waals surface area contributed by atoms with Crippen LogP contribution in [-0.4, -0.2) is 10.8 Å². The van der Waals surface area contributed by atoms with Crippen molar-refractivity contribution in [2.75, 3.05) is 5.88 Å². The molecule has 0 atom stereocenters. The zero-order chi connectivity index (χ0) is 10.7. The summed E-state index contributed by atoms with van der Waals surface area (Å²) in [6, 6.07) is 4.05. The van der Waals surface area contributed by atoms with E-state index in [9.17, 15) is 10.1 Å². The number of nitrogens with zero attached hydrogens (tertiary/aromatic N) is 1. The van der Waals surface area contributed by atoms with Gasteiger partial charge in [0.1, 0.15) is 0 Å². The standard InChI is InChI=1S/C10H13NO2S/c1-7-4-5-8(2)10(9(7)3)14-6-11(12)13/h4-5H,6H2,1-3H3. The molecule has 0 spiro atoms. The van der Waals surface area contributed by atoms with E-state index < -0.39 is 0 Å². The summed E-state index contributed by atoms with van der Waals surface area (Å²) >= 11 is 1.30. The lowest BCUT2D eigenvalue weighted by Crippen LogP contribution is -1.97. The molecule has 0 bridgehead atoms. The summed E-state index contributed by atoms with van der Waals surface area (Å²) in [7, 11) is 0. The van der Waals surface area contributed by atoms with Crippen LogP contribution in [-0.2, 0) is 0 Å². The van der Waals surface area contributed by atoms with E-state index in [1.807, 2.05) is 32.9 Å². The van der Waals surface area contributed by atoms with Crippen molar-refractivity contribution in [2.24, 2.45) is 0 Å². The van der Waals surface area contributed by atoms with Crippen LogP contribution in [0.4, 0.5) is 0 Å². The third kappa shape index (κ3) is 2.48. The topological polar surface area (TPSA) is 43.1 Å². The van der Waals surface area contributed by atoms with E-state index in [1.54, 1.807) is 0 Å². The van der Waals surface area contributed by atoms with Crippen LogP contribution in [0, 0.1) is 30.9 Å². The van der Waals surface area contributed by atoms with Crippen molar-refractivity contribution in [1.82, 2.24) is 0 Å². The van der Waals surface area contributed by atoms with Crippen LogP contribution in [0.15, 0.2) is 17.0 Å². The lowest BCUT2D eigenvalue weighted by atomic mass is 10.1. The largest absolute Gasteiger partial charge is 0.264 e. The zero-order valence-corrected chi connectivity index (χ0v) is 9.35. The second kappa shape index (κ2) is 4.46. The van der Waals surface area contributed by atoms with Gasteiger partial charge in [0.25, 0.3) is 5.88 Å². The number of hydrogen-bond acceptors (Lipinski definition) is 3. The summed E-state index contributed by atoms with van der Waals surface area (Å²) in [6.45, 7) is 6.00. The predicted octanol–water partition coefficient (Wildman–Crippen LogP) is 2.94. The van der Waals surface area contributed by atoms with Gasteiger partial charge in [0.05, 0.1) is 0 Å². The third-order valence-electron chi connectivity index (χ3n) is 2.19. The normalized spacial score (nSPS) is 10.2. The first kappa shape index (κ1) is 11.0. The molecule has 0 N–H and O–H groups in total. The molecule has 1 aromatic carbocycles. The Morgan fingerprint density at radius 3 is 2.43 bits per heavy atom. The second-order valence-corrected chi connectivity index (χ2v) is 4.21. The molecule has 0 heterocycles. The number of nitro groups is 1. The van der Waals surface area contributed by atoms with Gasteiger partial charge in [-0.15, -0.1) is 0 Å². The highest BCUT2D eigenvalue weighted by Crippen LogP contribution is 2.28. The number of aryl methyl sites for hydroxylation is 2. The molecule has 14 heavy (non-hydrogen) atoms. The van der Waals surface area contributed by atoms with Crippen molar-refractivity contribution in [1.29, 1.82) is 0 Å². The maximum absolute atomic E-state index is 10.3. The Labute approximate surface area is 87.7 Å². The highest BCUT2D eigenvalue weighted by molar-refractivity contribution is 7.99. The first-order valence-corrected chi connectivity index (χ1v) is 5.32. The summed E-state index contributed by atoms with van der Waals surface area (Å²) in [5.74, 6) is -0.0644. The fourth-order valence-corrected chi connectivity index (χ4v) is 2.17. The van der Waals surface area contributed by atoms with Gasteiger partial charge in [-0.1, -0.05) is 12.1 Å². The van der Waals surface area contributed by atoms with Crippen molar-refractivity contribution in [3.05, 3.63) is 38.9 Å². The van der Waals surface area contributed by atoms with E-state index >= 15 is 0 Å². The molecule has 0 saturated carbocycles. The molecule has 0 unspecified atom stereocenters. The number of thioether (sulfide) groups is 1. The van der Waals surface area contributed by atoms with E-state index in [0.717, 1.165) is 16.0 Å². The molecule has 4 heteroatoms. The number of hydrogen-bond donors (Lipinski definition) is 0. The Hall–Kier alpha value is -1.03. The Morgan fingerprint density at radius 2 is 1.86 bits per heavy atom. The zero-order valence-electron chi connectivity index (χ0n) is 8.53. The first-order valence-electron chi connectivity index (χ1n) is 4.33. The Kier molecular flexibility index (Phi) is 3.52. The van der Waals surface area contributed by atoms with Crippen LogP contribution < -0.4 is 0 Å². The highest BCUT2D eigenvalue weighted by atomic mass is 32.2. The molecule has 0 fully saturated rings. The Bertz CT molecular complexity index is 363. The van der Waals surface area contributed by atoms with E-state index in [-0.39, 0.29) is 10.8 Å². The van der Waals surface area contributed by atoms with Gasteiger partial charge in [-0.05, 0) is 49.2 Å². The Balaban J connectivity index is 2.95. The van der Waals surface area contributed by atoms with Crippen molar-refractivity contribution < 1.29 is 4.92 Å². The van der Waals surface area contributed by atoms with Gasteiger partial charge in [0.15, 0.2) is 0 Å². The Morgan fingerprint density at radius 1 is 1.29 bits per heavy atom. The molecule has 0 aromatic heterocycles. The maximum atomic E-state index is 10.3. The summed E-state index contributed by atoms with van der Waals surface area (Å²) < 4.78 is 0. The molecule has 0 aliphatic carbocycles. The van der Waals surface area contributed by atoms with Gasteiger partial charge in [-0.2, -0.15) is 0 Å². The van der Waals surface area contributed by atoms with E-state index in [4.69, 9.17) is 0 Å². The van der Waals surface area contributed by atoms with Crippen molar-refractivity contribution >= 4 is 11.8 Å². The highest BCUT2D eigenvalue weighted by Gasteiger charge is 2.08. The number of rotatable bonds is 3. The molecule has 3 nitrogen and oxygen atoms in total. The van der Waals surface area contributed by atoms with Gasteiger partial charge in [0.2, 0.25) is 0 Å². The van der Waals surface area contributed by atoms with Gasteiger partial charge < -0.3 is 0 Å². The van der Waals surface area contributed by atoms with Gasteiger partial charge >= 0.3 is 0 Å². The molecule has 0 radical (unpaired) electrons. The van der Waals surface area contributed by atoms with E-state index in [2.05, 4.69) is 0 Å². The fraction of sp³-hybridized carbons (Fsp3) is 0.400. The average Bonchev–Trinajstić information content (AvgIpc) is 2.11. The molecule has 0 aliphatic heterocycles. The third-order valence-corrected chi connectivity index (χ3v) is 3.44. The van der Waals surface area contributed by atoms with Crippen LogP contribution in [0.2, 0.25) is 0 Å². The van der Waals surface area contributed by atoms with Crippen LogP contribution in [0.5, 0.6) is 0 Å². The van der Waals surface area contributed by atoms with Gasteiger partial charge in [-0.25, -0.2) is 0 Å². The fourth-order valence-electron chi connectivity index (χ4n) is 1.26. The minimum absolute atomic E-state index is 0.0644. The molecule has 76 valence electrons. The molecule has 1 aromatic rings. The summed E-state index contributed by atoms with van der Waals surface area (Å²) in [4.78, 5) is 11.0. The molecule has 0 amide bonds. The van der Waals surface area contributed by atoms with Crippen LogP contribution in [0.25, 0.3) is 0 Å². The van der Waals surface area contributed by atoms with Gasteiger partial charge in [0, 0.05) is 9.82 Å². The average molecular weight is 211 g/mol. The monoisotopic (exact) mass is 211 g/mol. The summed E-state index contributed by atoms with van der Waals surface area (Å²) in [5.41, 5.74) is 3.44. The van der Waals surface area contributed by atoms with Crippen LogP contribution in [0.3, 0.4) is 0 Å². The van der Waals surface area contributed by atoms with Crippen LogP contribution in [0.1, 0.15) is 16.7 Å². The molecule has 0 aliphatic rings.